The molecule has 1 N–H and O–H groups in total. The van der Waals surface area contributed by atoms with Gasteiger partial charge in [0.2, 0.25) is 5.88 Å². The molecule has 0 amide bonds. The van der Waals surface area contributed by atoms with Crippen molar-refractivity contribution in [1.29, 1.82) is 0 Å². The summed E-state index contributed by atoms with van der Waals surface area (Å²) >= 11 is 0. The largest absolute Gasteiger partial charge is 0.508 e. The van der Waals surface area contributed by atoms with Gasteiger partial charge < -0.3 is 28.8 Å². The van der Waals surface area contributed by atoms with Gasteiger partial charge in [-0.05, 0) is 41.5 Å². The second kappa shape index (κ2) is 9.71. The van der Waals surface area contributed by atoms with Crippen LogP contribution in [-0.4, -0.2) is 53.1 Å². The Balaban J connectivity index is 1.49. The van der Waals surface area contributed by atoms with Gasteiger partial charge in [0.1, 0.15) is 17.8 Å². The third-order valence-electron chi connectivity index (χ3n) is 6.79. The van der Waals surface area contributed by atoms with Crippen molar-refractivity contribution in [2.24, 2.45) is 0 Å². The first-order valence-electron chi connectivity index (χ1n) is 12.2. The minimum absolute atomic E-state index is 0.101. The topological polar surface area (TPSA) is 109 Å². The Morgan fingerprint density at radius 1 is 0.846 bits per heavy atom. The van der Waals surface area contributed by atoms with Crippen LogP contribution in [-0.2, 0) is 6.42 Å². The summed E-state index contributed by atoms with van der Waals surface area (Å²) in [6.45, 7) is 0. The maximum atomic E-state index is 10.1. The highest BCUT2D eigenvalue weighted by Crippen LogP contribution is 2.49. The van der Waals surface area contributed by atoms with E-state index < -0.39 is 0 Å². The number of aromatic hydroxyl groups is 1. The molecular formula is C29H26N4O6. The van der Waals surface area contributed by atoms with Crippen LogP contribution < -0.4 is 23.7 Å². The number of aromatic nitrogens is 4. The van der Waals surface area contributed by atoms with Crippen LogP contribution in [0.4, 0.5) is 0 Å². The molecule has 0 aliphatic carbocycles. The minimum atomic E-state index is -0.321. The van der Waals surface area contributed by atoms with Gasteiger partial charge in [-0.1, -0.05) is 18.2 Å². The Bertz CT molecular complexity index is 1700. The van der Waals surface area contributed by atoms with Crippen molar-refractivity contribution in [3.8, 4) is 40.4 Å². The van der Waals surface area contributed by atoms with E-state index in [1.807, 2.05) is 42.5 Å². The van der Waals surface area contributed by atoms with Crippen LogP contribution in [0, 0.1) is 0 Å². The smallest absolute Gasteiger partial charge is 0.228 e. The number of hydrogen-bond acceptors (Lipinski definition) is 9. The summed E-state index contributed by atoms with van der Waals surface area (Å²) in [4.78, 5) is 9.48. The lowest BCUT2D eigenvalue weighted by Gasteiger charge is -2.28. The van der Waals surface area contributed by atoms with Gasteiger partial charge in [0.25, 0.3) is 0 Å². The fourth-order valence-electron chi connectivity index (χ4n) is 4.97. The second-order valence-corrected chi connectivity index (χ2v) is 9.00. The normalized spacial score (nSPS) is 13.8. The summed E-state index contributed by atoms with van der Waals surface area (Å²) in [5.41, 5.74) is 4.12. The van der Waals surface area contributed by atoms with Crippen molar-refractivity contribution in [3.05, 3.63) is 89.0 Å². The first-order valence-corrected chi connectivity index (χ1v) is 12.2. The molecule has 3 heterocycles. The Kier molecular flexibility index (Phi) is 6.07. The van der Waals surface area contributed by atoms with E-state index in [1.165, 1.54) is 0 Å². The summed E-state index contributed by atoms with van der Waals surface area (Å²) in [5.74, 6) is 3.81. The van der Waals surface area contributed by atoms with Gasteiger partial charge >= 0.3 is 0 Å². The third kappa shape index (κ3) is 4.19. The molecule has 0 bridgehead atoms. The average molecular weight is 527 g/mol. The molecule has 0 saturated carbocycles. The van der Waals surface area contributed by atoms with Crippen LogP contribution in [0.3, 0.4) is 0 Å². The van der Waals surface area contributed by atoms with Crippen LogP contribution in [0.5, 0.6) is 40.4 Å². The molecule has 0 radical (unpaired) electrons. The quantitative estimate of drug-likeness (QED) is 0.315. The zero-order valence-electron chi connectivity index (χ0n) is 21.8. The van der Waals surface area contributed by atoms with Crippen LogP contribution in [0.15, 0.2) is 60.9 Å². The molecule has 1 aliphatic heterocycles. The van der Waals surface area contributed by atoms with Gasteiger partial charge in [-0.25, -0.2) is 14.5 Å². The SMILES string of the molecule is COc1ccc(Cc2nc3c4c(ncn3n2)Oc2cc(O)ccc2[C@H]4c2ccc(OC)c(OC)c2)cc1OC. The molecule has 0 fully saturated rings. The number of benzene rings is 3. The van der Waals surface area contributed by atoms with Gasteiger partial charge in [-0.3, -0.25) is 0 Å². The van der Waals surface area contributed by atoms with Crippen LogP contribution in [0.1, 0.15) is 34.0 Å². The number of methoxy groups -OCH3 is 4. The number of phenolic OH excluding ortho intramolecular Hbond substituents is 1. The molecule has 2 aromatic heterocycles. The Hall–Kier alpha value is -4.99. The molecular weight excluding hydrogens is 500 g/mol. The number of rotatable bonds is 7. The predicted octanol–water partition coefficient (Wildman–Crippen LogP) is 4.74. The highest BCUT2D eigenvalue weighted by molar-refractivity contribution is 5.67. The standard InChI is InChI=1S/C29H26N4O6/c1-35-20-9-5-16(11-23(20)37-3)12-25-31-28-27-26(17-6-10-21(36-2)24(13-17)38-4)19-8-7-18(34)14-22(19)39-29(27)30-15-33(28)32-25/h5-11,13-15,26,34H,12H2,1-4H3/t26-/m1/s1. The maximum Gasteiger partial charge on any atom is 0.228 e. The zero-order chi connectivity index (χ0) is 27.1. The number of phenols is 1. The lowest BCUT2D eigenvalue weighted by atomic mass is 9.83. The molecule has 0 saturated heterocycles. The van der Waals surface area contributed by atoms with E-state index in [2.05, 4.69) is 4.98 Å². The van der Waals surface area contributed by atoms with Crippen molar-refractivity contribution in [2.45, 2.75) is 12.3 Å². The molecule has 198 valence electrons. The maximum absolute atomic E-state index is 10.1. The van der Waals surface area contributed by atoms with Gasteiger partial charge in [-0.15, -0.1) is 5.10 Å². The Morgan fingerprint density at radius 3 is 2.31 bits per heavy atom. The molecule has 3 aromatic carbocycles. The highest BCUT2D eigenvalue weighted by atomic mass is 16.5. The number of ether oxygens (including phenoxy) is 5. The van der Waals surface area contributed by atoms with Crippen molar-refractivity contribution >= 4 is 5.65 Å². The summed E-state index contributed by atoms with van der Waals surface area (Å²) in [5, 5.41) is 14.9. The molecule has 10 heteroatoms. The fraction of sp³-hybridized carbons (Fsp3) is 0.207. The molecule has 0 spiro atoms. The van der Waals surface area contributed by atoms with Crippen molar-refractivity contribution < 1.29 is 28.8 Å². The molecule has 1 atom stereocenters. The van der Waals surface area contributed by atoms with Crippen LogP contribution in [0.2, 0.25) is 0 Å². The summed E-state index contributed by atoms with van der Waals surface area (Å²) in [6.07, 6.45) is 2.06. The van der Waals surface area contributed by atoms with E-state index in [0.717, 1.165) is 22.3 Å². The van der Waals surface area contributed by atoms with Gasteiger partial charge in [0.15, 0.2) is 34.5 Å². The zero-order valence-corrected chi connectivity index (χ0v) is 21.8. The van der Waals surface area contributed by atoms with Crippen LogP contribution >= 0.6 is 0 Å². The van der Waals surface area contributed by atoms with E-state index in [-0.39, 0.29) is 11.7 Å². The Labute approximate surface area is 224 Å². The fourth-order valence-corrected chi connectivity index (χ4v) is 4.97. The lowest BCUT2D eigenvalue weighted by molar-refractivity contribution is 0.354. The monoisotopic (exact) mass is 526 g/mol. The van der Waals surface area contributed by atoms with Gasteiger partial charge in [0.05, 0.1) is 34.0 Å². The average Bonchev–Trinajstić information content (AvgIpc) is 3.38. The Morgan fingerprint density at radius 2 is 1.56 bits per heavy atom. The first-order chi connectivity index (χ1) is 19.0. The minimum Gasteiger partial charge on any atom is -0.508 e. The first kappa shape index (κ1) is 24.4. The van der Waals surface area contributed by atoms with E-state index in [9.17, 15) is 5.11 Å². The van der Waals surface area contributed by atoms with Crippen LogP contribution in [0.25, 0.3) is 5.65 Å². The summed E-state index contributed by atoms with van der Waals surface area (Å²) in [6, 6.07) is 16.6. The highest BCUT2D eigenvalue weighted by Gasteiger charge is 2.34. The van der Waals surface area contributed by atoms with E-state index in [1.54, 1.807) is 51.4 Å². The number of fused-ring (bicyclic) bond motifs is 4. The van der Waals surface area contributed by atoms with E-state index >= 15 is 0 Å². The molecule has 1 aliphatic rings. The molecule has 39 heavy (non-hydrogen) atoms. The van der Waals surface area contributed by atoms with Crippen molar-refractivity contribution in [3.63, 3.8) is 0 Å². The van der Waals surface area contributed by atoms with E-state index in [4.69, 9.17) is 33.8 Å². The molecule has 10 nitrogen and oxygen atoms in total. The molecule has 0 unspecified atom stereocenters. The van der Waals surface area contributed by atoms with Crippen molar-refractivity contribution in [1.82, 2.24) is 19.6 Å². The number of nitrogens with zero attached hydrogens (tertiary/aromatic N) is 4. The van der Waals surface area contributed by atoms with Gasteiger partial charge in [-0.2, -0.15) is 0 Å². The van der Waals surface area contributed by atoms with Crippen molar-refractivity contribution in [2.75, 3.05) is 28.4 Å². The lowest BCUT2D eigenvalue weighted by Crippen LogP contribution is -2.15. The summed E-state index contributed by atoms with van der Waals surface area (Å²) in [7, 11) is 6.41. The third-order valence-corrected chi connectivity index (χ3v) is 6.79. The van der Waals surface area contributed by atoms with Gasteiger partial charge in [0, 0.05) is 24.0 Å². The summed E-state index contributed by atoms with van der Waals surface area (Å²) < 4.78 is 29.7. The number of hydrogen-bond donors (Lipinski definition) is 1. The molecule has 6 rings (SSSR count). The second-order valence-electron chi connectivity index (χ2n) is 9.00. The van der Waals surface area contributed by atoms with E-state index in [0.29, 0.717) is 52.5 Å². The molecule has 5 aromatic rings. The predicted molar refractivity (Wildman–Crippen MR) is 142 cm³/mol.